The Morgan fingerprint density at radius 3 is 2.47 bits per heavy atom. The fraction of sp³-hybridized carbons (Fsp3) is 0.385. The zero-order valence-corrected chi connectivity index (χ0v) is 9.82. The number of rotatable bonds is 7. The Morgan fingerprint density at radius 2 is 1.82 bits per heavy atom. The van der Waals surface area contributed by atoms with Crippen molar-refractivity contribution < 1.29 is 9.59 Å². The van der Waals surface area contributed by atoms with E-state index >= 15 is 0 Å². The van der Waals surface area contributed by atoms with Gasteiger partial charge in [-0.2, -0.15) is 0 Å². The summed E-state index contributed by atoms with van der Waals surface area (Å²) in [5.74, 6) is -0.554. The highest BCUT2D eigenvalue weighted by Gasteiger charge is 2.02. The topological polar surface area (TPSA) is 72.2 Å². The SMILES string of the molecule is NC(=O)CCC(=O)NCCCc1ccccc1. The largest absolute Gasteiger partial charge is 0.370 e. The summed E-state index contributed by atoms with van der Waals surface area (Å²) in [5, 5.41) is 2.76. The van der Waals surface area contributed by atoms with E-state index in [9.17, 15) is 9.59 Å². The van der Waals surface area contributed by atoms with Crippen molar-refractivity contribution in [3.05, 3.63) is 35.9 Å². The number of benzene rings is 1. The van der Waals surface area contributed by atoms with Crippen LogP contribution in [0.3, 0.4) is 0 Å². The molecule has 3 N–H and O–H groups in total. The molecule has 2 amide bonds. The lowest BCUT2D eigenvalue weighted by Gasteiger charge is -2.04. The predicted octanol–water partition coefficient (Wildman–Crippen LogP) is 1.00. The van der Waals surface area contributed by atoms with Crippen molar-refractivity contribution in [1.82, 2.24) is 5.32 Å². The molecule has 0 saturated carbocycles. The Hall–Kier alpha value is -1.84. The number of hydrogen-bond acceptors (Lipinski definition) is 2. The lowest BCUT2D eigenvalue weighted by atomic mass is 10.1. The molecule has 0 radical (unpaired) electrons. The van der Waals surface area contributed by atoms with E-state index in [2.05, 4.69) is 17.4 Å². The summed E-state index contributed by atoms with van der Waals surface area (Å²) in [6.07, 6.45) is 2.13. The molecule has 1 aromatic carbocycles. The monoisotopic (exact) mass is 234 g/mol. The van der Waals surface area contributed by atoms with Crippen LogP contribution in [0.5, 0.6) is 0 Å². The van der Waals surface area contributed by atoms with Crippen molar-refractivity contribution in [2.75, 3.05) is 6.54 Å². The number of nitrogens with two attached hydrogens (primary N) is 1. The minimum Gasteiger partial charge on any atom is -0.370 e. The highest BCUT2D eigenvalue weighted by atomic mass is 16.2. The van der Waals surface area contributed by atoms with E-state index in [4.69, 9.17) is 5.73 Å². The Balaban J connectivity index is 2.08. The average molecular weight is 234 g/mol. The lowest BCUT2D eigenvalue weighted by molar-refractivity contribution is -0.125. The van der Waals surface area contributed by atoms with Crippen LogP contribution in [0.2, 0.25) is 0 Å². The van der Waals surface area contributed by atoms with Crippen LogP contribution in [0.4, 0.5) is 0 Å². The molecule has 0 unspecified atom stereocenters. The maximum Gasteiger partial charge on any atom is 0.220 e. The Kier molecular flexibility index (Phi) is 5.79. The third-order valence-corrected chi connectivity index (χ3v) is 2.41. The Labute approximate surface area is 101 Å². The van der Waals surface area contributed by atoms with Crippen LogP contribution in [0, 0.1) is 0 Å². The second kappa shape index (κ2) is 7.44. The molecule has 4 heteroatoms. The molecule has 0 aliphatic heterocycles. The first-order valence-corrected chi connectivity index (χ1v) is 5.77. The smallest absolute Gasteiger partial charge is 0.220 e. The van der Waals surface area contributed by atoms with E-state index in [0.29, 0.717) is 6.54 Å². The first-order valence-electron chi connectivity index (χ1n) is 5.77. The van der Waals surface area contributed by atoms with Crippen LogP contribution in [0.1, 0.15) is 24.8 Å². The van der Waals surface area contributed by atoms with Gasteiger partial charge in [-0.1, -0.05) is 30.3 Å². The molecular weight excluding hydrogens is 216 g/mol. The molecule has 0 spiro atoms. The van der Waals surface area contributed by atoms with Crippen LogP contribution in [0.25, 0.3) is 0 Å². The predicted molar refractivity (Wildman–Crippen MR) is 66.2 cm³/mol. The van der Waals surface area contributed by atoms with E-state index in [1.807, 2.05) is 18.2 Å². The second-order valence-corrected chi connectivity index (χ2v) is 3.91. The summed E-state index contributed by atoms with van der Waals surface area (Å²) in [6.45, 7) is 0.631. The number of carbonyl (C=O) groups is 2. The normalized spacial score (nSPS) is 9.88. The van der Waals surface area contributed by atoms with E-state index in [1.54, 1.807) is 0 Å². The summed E-state index contributed by atoms with van der Waals surface area (Å²) in [7, 11) is 0. The van der Waals surface area contributed by atoms with Gasteiger partial charge in [0, 0.05) is 19.4 Å². The molecule has 1 rings (SSSR count). The lowest BCUT2D eigenvalue weighted by Crippen LogP contribution is -2.26. The fourth-order valence-corrected chi connectivity index (χ4v) is 1.49. The standard InChI is InChI=1S/C13H18N2O2/c14-12(16)8-9-13(17)15-10-4-7-11-5-2-1-3-6-11/h1-3,5-6H,4,7-10H2,(H2,14,16)(H,15,17). The zero-order chi connectivity index (χ0) is 12.5. The van der Waals surface area contributed by atoms with Gasteiger partial charge in [-0.15, -0.1) is 0 Å². The molecule has 0 heterocycles. The van der Waals surface area contributed by atoms with E-state index in [1.165, 1.54) is 5.56 Å². The van der Waals surface area contributed by atoms with Gasteiger partial charge in [0.25, 0.3) is 0 Å². The van der Waals surface area contributed by atoms with Crippen molar-refractivity contribution in [3.8, 4) is 0 Å². The van der Waals surface area contributed by atoms with E-state index in [-0.39, 0.29) is 18.7 Å². The van der Waals surface area contributed by atoms with E-state index in [0.717, 1.165) is 12.8 Å². The van der Waals surface area contributed by atoms with Crippen molar-refractivity contribution >= 4 is 11.8 Å². The maximum atomic E-state index is 11.2. The van der Waals surface area contributed by atoms with Gasteiger partial charge in [-0.3, -0.25) is 9.59 Å². The average Bonchev–Trinajstić information content (AvgIpc) is 2.33. The van der Waals surface area contributed by atoms with Gasteiger partial charge in [0.15, 0.2) is 0 Å². The van der Waals surface area contributed by atoms with Crippen molar-refractivity contribution in [2.45, 2.75) is 25.7 Å². The molecular formula is C13H18N2O2. The highest BCUT2D eigenvalue weighted by Crippen LogP contribution is 2.01. The number of nitrogens with one attached hydrogen (secondary N) is 1. The zero-order valence-electron chi connectivity index (χ0n) is 9.82. The van der Waals surface area contributed by atoms with Gasteiger partial charge >= 0.3 is 0 Å². The molecule has 0 aliphatic rings. The fourth-order valence-electron chi connectivity index (χ4n) is 1.49. The quantitative estimate of drug-likeness (QED) is 0.691. The van der Waals surface area contributed by atoms with Gasteiger partial charge in [0.05, 0.1) is 0 Å². The van der Waals surface area contributed by atoms with E-state index < -0.39 is 5.91 Å². The molecule has 92 valence electrons. The summed E-state index contributed by atoms with van der Waals surface area (Å²) >= 11 is 0. The second-order valence-electron chi connectivity index (χ2n) is 3.91. The summed E-state index contributed by atoms with van der Waals surface area (Å²) in [5.41, 5.74) is 6.22. The summed E-state index contributed by atoms with van der Waals surface area (Å²) in [4.78, 5) is 21.7. The molecule has 0 atom stereocenters. The molecule has 0 fully saturated rings. The van der Waals surface area contributed by atoms with Crippen LogP contribution in [-0.2, 0) is 16.0 Å². The maximum absolute atomic E-state index is 11.2. The molecule has 0 aromatic heterocycles. The number of hydrogen-bond donors (Lipinski definition) is 2. The Morgan fingerprint density at radius 1 is 1.12 bits per heavy atom. The van der Waals surface area contributed by atoms with Gasteiger partial charge in [0.2, 0.25) is 11.8 Å². The molecule has 0 aliphatic carbocycles. The molecule has 0 bridgehead atoms. The van der Waals surface area contributed by atoms with Gasteiger partial charge in [-0.25, -0.2) is 0 Å². The Bertz CT molecular complexity index is 363. The molecule has 0 saturated heterocycles. The third kappa shape index (κ3) is 6.35. The first kappa shape index (κ1) is 13.2. The molecule has 1 aromatic rings. The highest BCUT2D eigenvalue weighted by molar-refractivity contribution is 5.82. The number of primary amides is 1. The number of amides is 2. The van der Waals surface area contributed by atoms with Crippen LogP contribution in [0.15, 0.2) is 30.3 Å². The minimum absolute atomic E-state index is 0.114. The number of aryl methyl sites for hydroxylation is 1. The van der Waals surface area contributed by atoms with Gasteiger partial charge < -0.3 is 11.1 Å². The first-order chi connectivity index (χ1) is 8.18. The summed E-state index contributed by atoms with van der Waals surface area (Å²) in [6, 6.07) is 10.1. The van der Waals surface area contributed by atoms with Crippen LogP contribution < -0.4 is 11.1 Å². The molecule has 17 heavy (non-hydrogen) atoms. The van der Waals surface area contributed by atoms with Gasteiger partial charge in [0.1, 0.15) is 0 Å². The van der Waals surface area contributed by atoms with Crippen molar-refractivity contribution in [1.29, 1.82) is 0 Å². The summed E-state index contributed by atoms with van der Waals surface area (Å²) < 4.78 is 0. The minimum atomic E-state index is -0.440. The third-order valence-electron chi connectivity index (χ3n) is 2.41. The van der Waals surface area contributed by atoms with Crippen molar-refractivity contribution in [3.63, 3.8) is 0 Å². The van der Waals surface area contributed by atoms with Crippen molar-refractivity contribution in [2.24, 2.45) is 5.73 Å². The van der Waals surface area contributed by atoms with Gasteiger partial charge in [-0.05, 0) is 18.4 Å². The molecule has 4 nitrogen and oxygen atoms in total. The van der Waals surface area contributed by atoms with Crippen LogP contribution >= 0.6 is 0 Å². The van der Waals surface area contributed by atoms with Crippen LogP contribution in [-0.4, -0.2) is 18.4 Å². The number of carbonyl (C=O) groups excluding carboxylic acids is 2.